The molecule has 154 valence electrons. The molecule has 29 heavy (non-hydrogen) atoms. The first-order chi connectivity index (χ1) is 14.3. The Morgan fingerprint density at radius 2 is 1.55 bits per heavy atom. The van der Waals surface area contributed by atoms with E-state index in [2.05, 4.69) is 74.2 Å². The van der Waals surface area contributed by atoms with Crippen LogP contribution in [0.3, 0.4) is 0 Å². The second kappa shape index (κ2) is 11.7. The van der Waals surface area contributed by atoms with E-state index in [1.54, 1.807) is 0 Å². The molecule has 0 heterocycles. The lowest BCUT2D eigenvalue weighted by molar-refractivity contribution is 0.317. The highest BCUT2D eigenvalue weighted by Gasteiger charge is 2.21. The molecule has 0 atom stereocenters. The van der Waals surface area contributed by atoms with Gasteiger partial charge in [0.25, 0.3) is 0 Å². The summed E-state index contributed by atoms with van der Waals surface area (Å²) in [5, 5.41) is 0. The van der Waals surface area contributed by atoms with Crippen LogP contribution in [-0.2, 0) is 6.42 Å². The fraction of sp³-hybridized carbons (Fsp3) is 0.500. The third-order valence-corrected chi connectivity index (χ3v) is 6.00. The number of aryl methyl sites for hydroxylation is 1. The first-order valence-corrected chi connectivity index (χ1v) is 11.6. The fourth-order valence-electron chi connectivity index (χ4n) is 4.15. The van der Waals surface area contributed by atoms with Gasteiger partial charge in [-0.1, -0.05) is 62.8 Å². The number of ether oxygens (including phenoxy) is 1. The lowest BCUT2D eigenvalue weighted by Crippen LogP contribution is -2.12. The molecule has 3 rings (SSSR count). The Bertz CT molecular complexity index is 768. The molecule has 2 aromatic rings. The van der Waals surface area contributed by atoms with E-state index in [1.807, 2.05) is 0 Å². The lowest BCUT2D eigenvalue weighted by Gasteiger charge is -2.26. The van der Waals surface area contributed by atoms with Gasteiger partial charge in [-0.05, 0) is 86.3 Å². The maximum Gasteiger partial charge on any atom is 0.119 e. The quantitative estimate of drug-likeness (QED) is 0.335. The summed E-state index contributed by atoms with van der Waals surface area (Å²) in [6, 6.07) is 17.7. The van der Waals surface area contributed by atoms with Gasteiger partial charge in [0.2, 0.25) is 0 Å². The van der Waals surface area contributed by atoms with Crippen molar-refractivity contribution in [1.29, 1.82) is 0 Å². The SMILES string of the molecule is CCCCCc1ccc(C#C[C@H]2CC[C@H](c3ccc(OCCC)cc3)CC2)cc1. The fourth-order valence-corrected chi connectivity index (χ4v) is 4.15. The van der Waals surface area contributed by atoms with Crippen LogP contribution in [0.5, 0.6) is 5.75 Å². The van der Waals surface area contributed by atoms with E-state index < -0.39 is 0 Å². The molecule has 0 unspecified atom stereocenters. The molecule has 1 fully saturated rings. The molecule has 1 aliphatic carbocycles. The van der Waals surface area contributed by atoms with E-state index in [1.165, 1.54) is 62.5 Å². The molecule has 0 aromatic heterocycles. The van der Waals surface area contributed by atoms with Crippen LogP contribution >= 0.6 is 0 Å². The van der Waals surface area contributed by atoms with Gasteiger partial charge in [-0.25, -0.2) is 0 Å². The van der Waals surface area contributed by atoms with E-state index >= 15 is 0 Å². The number of hydrogen-bond acceptors (Lipinski definition) is 1. The smallest absolute Gasteiger partial charge is 0.119 e. The van der Waals surface area contributed by atoms with Crippen LogP contribution in [-0.4, -0.2) is 6.61 Å². The van der Waals surface area contributed by atoms with E-state index in [4.69, 9.17) is 4.74 Å². The highest BCUT2D eigenvalue weighted by molar-refractivity contribution is 5.37. The summed E-state index contributed by atoms with van der Waals surface area (Å²) in [7, 11) is 0. The van der Waals surface area contributed by atoms with Crippen molar-refractivity contribution in [2.45, 2.75) is 77.6 Å². The second-order valence-corrected chi connectivity index (χ2v) is 8.39. The summed E-state index contributed by atoms with van der Waals surface area (Å²) in [5.41, 5.74) is 4.06. The van der Waals surface area contributed by atoms with E-state index in [0.29, 0.717) is 11.8 Å². The van der Waals surface area contributed by atoms with Crippen molar-refractivity contribution >= 4 is 0 Å². The Labute approximate surface area is 177 Å². The minimum Gasteiger partial charge on any atom is -0.494 e. The zero-order chi connectivity index (χ0) is 20.3. The van der Waals surface area contributed by atoms with E-state index in [-0.39, 0.29) is 0 Å². The highest BCUT2D eigenvalue weighted by atomic mass is 16.5. The number of unbranched alkanes of at least 4 members (excludes halogenated alkanes) is 2. The molecule has 0 N–H and O–H groups in total. The van der Waals surface area contributed by atoms with Gasteiger partial charge in [0, 0.05) is 11.5 Å². The summed E-state index contributed by atoms with van der Waals surface area (Å²) in [5.74, 6) is 9.18. The Morgan fingerprint density at radius 3 is 2.21 bits per heavy atom. The van der Waals surface area contributed by atoms with Crippen molar-refractivity contribution < 1.29 is 4.74 Å². The molecular formula is C28H36O. The predicted molar refractivity (Wildman–Crippen MR) is 123 cm³/mol. The topological polar surface area (TPSA) is 9.23 Å². The van der Waals surface area contributed by atoms with Gasteiger partial charge in [-0.2, -0.15) is 0 Å². The molecule has 0 amide bonds. The van der Waals surface area contributed by atoms with Gasteiger partial charge in [0.05, 0.1) is 6.61 Å². The Kier molecular flexibility index (Phi) is 8.69. The summed E-state index contributed by atoms with van der Waals surface area (Å²) in [6.45, 7) is 5.19. The van der Waals surface area contributed by atoms with Crippen molar-refractivity contribution in [2.75, 3.05) is 6.61 Å². The molecule has 1 saturated carbocycles. The van der Waals surface area contributed by atoms with Gasteiger partial charge < -0.3 is 4.74 Å². The predicted octanol–water partition coefficient (Wildman–Crippen LogP) is 7.53. The standard InChI is InChI=1S/C28H36O/c1-3-5-6-7-23-8-10-24(11-9-23)12-13-25-14-16-26(17-15-25)27-18-20-28(21-19-27)29-22-4-2/h8-11,18-21,25-26H,3-7,14-17,22H2,1-2H3/t25-,26-. The van der Waals surface area contributed by atoms with Gasteiger partial charge in [0.1, 0.15) is 5.75 Å². The largest absolute Gasteiger partial charge is 0.494 e. The number of rotatable bonds is 8. The van der Waals surface area contributed by atoms with Crippen LogP contribution in [0.4, 0.5) is 0 Å². The molecule has 2 aromatic carbocycles. The van der Waals surface area contributed by atoms with Crippen molar-refractivity contribution in [3.05, 3.63) is 65.2 Å². The first-order valence-electron chi connectivity index (χ1n) is 11.6. The van der Waals surface area contributed by atoms with Crippen molar-refractivity contribution in [2.24, 2.45) is 5.92 Å². The van der Waals surface area contributed by atoms with Crippen LogP contribution in [0.25, 0.3) is 0 Å². The van der Waals surface area contributed by atoms with E-state index in [0.717, 1.165) is 24.3 Å². The molecule has 0 bridgehead atoms. The molecule has 1 heteroatoms. The van der Waals surface area contributed by atoms with Crippen LogP contribution in [0.15, 0.2) is 48.5 Å². The van der Waals surface area contributed by atoms with Gasteiger partial charge in [-0.15, -0.1) is 0 Å². The molecule has 1 nitrogen and oxygen atoms in total. The molecule has 0 aliphatic heterocycles. The normalized spacial score (nSPS) is 18.7. The molecule has 1 aliphatic rings. The Hall–Kier alpha value is -2.20. The highest BCUT2D eigenvalue weighted by Crippen LogP contribution is 2.36. The minimum absolute atomic E-state index is 0.544. The molecule has 0 radical (unpaired) electrons. The van der Waals surface area contributed by atoms with Crippen molar-refractivity contribution in [3.8, 4) is 17.6 Å². The van der Waals surface area contributed by atoms with Crippen LogP contribution in [0.2, 0.25) is 0 Å². The molecule has 0 spiro atoms. The summed E-state index contributed by atoms with van der Waals surface area (Å²) in [6.07, 6.45) is 11.0. The average molecular weight is 389 g/mol. The zero-order valence-corrected chi connectivity index (χ0v) is 18.3. The third-order valence-electron chi connectivity index (χ3n) is 6.00. The minimum atomic E-state index is 0.544. The Balaban J connectivity index is 1.46. The van der Waals surface area contributed by atoms with Gasteiger partial charge in [-0.3, -0.25) is 0 Å². The first kappa shape index (κ1) is 21.5. The average Bonchev–Trinajstić information content (AvgIpc) is 2.78. The van der Waals surface area contributed by atoms with Crippen LogP contribution < -0.4 is 4.74 Å². The lowest BCUT2D eigenvalue weighted by atomic mass is 9.79. The number of hydrogen-bond donors (Lipinski definition) is 0. The molecule has 0 saturated heterocycles. The summed E-state index contributed by atoms with van der Waals surface area (Å²) in [4.78, 5) is 0. The van der Waals surface area contributed by atoms with E-state index in [9.17, 15) is 0 Å². The maximum atomic E-state index is 5.70. The molecular weight excluding hydrogens is 352 g/mol. The zero-order valence-electron chi connectivity index (χ0n) is 18.3. The van der Waals surface area contributed by atoms with Crippen LogP contribution in [0, 0.1) is 17.8 Å². The van der Waals surface area contributed by atoms with Crippen molar-refractivity contribution in [1.82, 2.24) is 0 Å². The van der Waals surface area contributed by atoms with Gasteiger partial charge >= 0.3 is 0 Å². The Morgan fingerprint density at radius 1 is 0.828 bits per heavy atom. The summed E-state index contributed by atoms with van der Waals surface area (Å²) >= 11 is 0. The maximum absolute atomic E-state index is 5.70. The number of benzene rings is 2. The van der Waals surface area contributed by atoms with Crippen LogP contribution in [0.1, 0.15) is 87.8 Å². The summed E-state index contributed by atoms with van der Waals surface area (Å²) < 4.78 is 5.70. The van der Waals surface area contributed by atoms with Gasteiger partial charge in [0.15, 0.2) is 0 Å². The second-order valence-electron chi connectivity index (χ2n) is 8.39. The van der Waals surface area contributed by atoms with Crippen molar-refractivity contribution in [3.63, 3.8) is 0 Å². The monoisotopic (exact) mass is 388 g/mol. The third kappa shape index (κ3) is 6.97.